The van der Waals surface area contributed by atoms with Crippen LogP contribution >= 0.6 is 12.2 Å². The van der Waals surface area contributed by atoms with Crippen molar-refractivity contribution in [2.75, 3.05) is 38.4 Å². The van der Waals surface area contributed by atoms with E-state index in [1.165, 1.54) is 0 Å². The van der Waals surface area contributed by atoms with Gasteiger partial charge >= 0.3 is 0 Å². The summed E-state index contributed by atoms with van der Waals surface area (Å²) >= 11 is 5.40. The predicted molar refractivity (Wildman–Crippen MR) is 72.4 cm³/mol. The van der Waals surface area contributed by atoms with E-state index in [9.17, 15) is 0 Å². The molecule has 6 heteroatoms. The number of nitrogens with zero attached hydrogens (tertiary/aromatic N) is 2. The lowest BCUT2D eigenvalue weighted by atomic mass is 10.3. The maximum absolute atomic E-state index is 5.40. The Bertz CT molecular complexity index is 613. The highest BCUT2D eigenvalue weighted by Crippen LogP contribution is 2.21. The lowest BCUT2D eigenvalue weighted by molar-refractivity contribution is 0.111. The van der Waals surface area contributed by atoms with Crippen LogP contribution in [-0.2, 0) is 4.74 Å². The van der Waals surface area contributed by atoms with Gasteiger partial charge in [-0.1, -0.05) is 0 Å². The van der Waals surface area contributed by atoms with Crippen molar-refractivity contribution in [3.63, 3.8) is 0 Å². The number of methoxy groups -OCH3 is 1. The molecule has 96 valence electrons. The van der Waals surface area contributed by atoms with Gasteiger partial charge in [-0.25, -0.2) is 4.68 Å². The van der Waals surface area contributed by atoms with Crippen LogP contribution in [0.15, 0.2) is 18.2 Å². The molecule has 5 nitrogen and oxygen atoms in total. The van der Waals surface area contributed by atoms with Gasteiger partial charge in [0, 0.05) is 6.07 Å². The van der Waals surface area contributed by atoms with Crippen molar-refractivity contribution in [2.24, 2.45) is 0 Å². The molecule has 2 aromatic rings. The summed E-state index contributed by atoms with van der Waals surface area (Å²) in [6.45, 7) is 3.19. The molecule has 0 radical (unpaired) electrons. The molecule has 1 aliphatic rings. The SMILES string of the molecule is COc1ccc2c(c1)[nH]c(=S)n2N1CCOCC1. The molecule has 18 heavy (non-hydrogen) atoms. The number of imidazole rings is 1. The Morgan fingerprint density at radius 3 is 2.83 bits per heavy atom. The number of benzene rings is 1. The number of fused-ring (bicyclic) bond motifs is 1. The number of hydrogen-bond donors (Lipinski definition) is 1. The molecule has 1 N–H and O–H groups in total. The molecule has 2 heterocycles. The highest BCUT2D eigenvalue weighted by atomic mass is 32.1. The number of morpholine rings is 1. The van der Waals surface area contributed by atoms with E-state index in [0.717, 1.165) is 43.1 Å². The van der Waals surface area contributed by atoms with E-state index < -0.39 is 0 Å². The number of nitrogens with one attached hydrogen (secondary N) is 1. The van der Waals surface area contributed by atoms with E-state index in [1.807, 2.05) is 22.9 Å². The van der Waals surface area contributed by atoms with Gasteiger partial charge in [0.15, 0.2) is 4.77 Å². The zero-order valence-corrected chi connectivity index (χ0v) is 11.0. The van der Waals surface area contributed by atoms with E-state index in [-0.39, 0.29) is 0 Å². The molecule has 1 fully saturated rings. The van der Waals surface area contributed by atoms with Gasteiger partial charge in [0.2, 0.25) is 0 Å². The molecule has 1 saturated heterocycles. The fourth-order valence-electron chi connectivity index (χ4n) is 2.24. The van der Waals surface area contributed by atoms with Gasteiger partial charge in [-0.2, -0.15) is 0 Å². The molecule has 3 rings (SSSR count). The third kappa shape index (κ3) is 1.87. The summed E-state index contributed by atoms with van der Waals surface area (Å²) in [5.41, 5.74) is 2.06. The first kappa shape index (κ1) is 11.6. The normalized spacial score (nSPS) is 16.2. The average Bonchev–Trinajstić information content (AvgIpc) is 2.74. The zero-order valence-electron chi connectivity index (χ0n) is 10.2. The topological polar surface area (TPSA) is 42.4 Å². The van der Waals surface area contributed by atoms with Gasteiger partial charge < -0.3 is 19.5 Å². The largest absolute Gasteiger partial charge is 0.497 e. The van der Waals surface area contributed by atoms with E-state index in [0.29, 0.717) is 4.77 Å². The van der Waals surface area contributed by atoms with Crippen molar-refractivity contribution in [3.8, 4) is 5.75 Å². The van der Waals surface area contributed by atoms with E-state index >= 15 is 0 Å². The number of hydrogen-bond acceptors (Lipinski definition) is 4. The molecule has 1 aromatic carbocycles. The quantitative estimate of drug-likeness (QED) is 0.839. The minimum atomic E-state index is 0.708. The number of aromatic amines is 1. The second-order valence-corrected chi connectivity index (χ2v) is 4.58. The van der Waals surface area contributed by atoms with Gasteiger partial charge in [-0.15, -0.1) is 0 Å². The molecule has 0 spiro atoms. The van der Waals surface area contributed by atoms with Crippen molar-refractivity contribution in [3.05, 3.63) is 23.0 Å². The van der Waals surface area contributed by atoms with Crippen LogP contribution in [0.3, 0.4) is 0 Å². The van der Waals surface area contributed by atoms with Crippen LogP contribution in [0.5, 0.6) is 5.75 Å². The van der Waals surface area contributed by atoms with Crippen LogP contribution in [0.2, 0.25) is 0 Å². The van der Waals surface area contributed by atoms with Crippen LogP contribution in [0.4, 0.5) is 0 Å². The van der Waals surface area contributed by atoms with Crippen LogP contribution in [0.1, 0.15) is 0 Å². The van der Waals surface area contributed by atoms with Gasteiger partial charge in [0.25, 0.3) is 0 Å². The fraction of sp³-hybridized carbons (Fsp3) is 0.417. The first-order valence-corrected chi connectivity index (χ1v) is 6.32. The van der Waals surface area contributed by atoms with E-state index in [1.54, 1.807) is 7.11 Å². The number of ether oxygens (including phenoxy) is 2. The molecule has 1 aromatic heterocycles. The fourth-order valence-corrected chi connectivity index (χ4v) is 2.56. The van der Waals surface area contributed by atoms with Crippen LogP contribution in [-0.4, -0.2) is 43.1 Å². The van der Waals surface area contributed by atoms with Gasteiger partial charge in [0.1, 0.15) is 5.75 Å². The number of H-pyrrole nitrogens is 1. The summed E-state index contributed by atoms with van der Waals surface area (Å²) in [5.74, 6) is 0.827. The predicted octanol–water partition coefficient (Wildman–Crippen LogP) is 1.68. The molecule has 0 amide bonds. The Morgan fingerprint density at radius 2 is 2.11 bits per heavy atom. The monoisotopic (exact) mass is 265 g/mol. The molecule has 0 bridgehead atoms. The summed E-state index contributed by atoms with van der Waals surface area (Å²) in [5, 5.41) is 2.21. The van der Waals surface area contributed by atoms with Crippen molar-refractivity contribution in [1.82, 2.24) is 9.66 Å². The molecule has 0 atom stereocenters. The standard InChI is InChI=1S/C12H15N3O2S/c1-16-9-2-3-11-10(8-9)13-12(18)15(11)14-4-6-17-7-5-14/h2-3,8H,4-7H2,1H3,(H,13,18). The third-order valence-electron chi connectivity index (χ3n) is 3.14. The molecular formula is C12H15N3O2S. The van der Waals surface area contributed by atoms with Gasteiger partial charge in [-0.3, -0.25) is 0 Å². The zero-order chi connectivity index (χ0) is 12.5. The maximum Gasteiger partial charge on any atom is 0.197 e. The average molecular weight is 265 g/mol. The van der Waals surface area contributed by atoms with Crippen LogP contribution in [0, 0.1) is 4.77 Å². The Kier molecular flexibility index (Phi) is 2.97. The number of aromatic nitrogens is 2. The minimum absolute atomic E-state index is 0.708. The Labute approximate surface area is 110 Å². The minimum Gasteiger partial charge on any atom is -0.497 e. The van der Waals surface area contributed by atoms with E-state index in [2.05, 4.69) is 9.99 Å². The Balaban J connectivity index is 2.10. The van der Waals surface area contributed by atoms with Crippen molar-refractivity contribution < 1.29 is 9.47 Å². The molecule has 0 unspecified atom stereocenters. The molecular weight excluding hydrogens is 250 g/mol. The molecule has 0 aliphatic carbocycles. The first-order valence-electron chi connectivity index (χ1n) is 5.91. The lowest BCUT2D eigenvalue weighted by Gasteiger charge is -2.29. The molecule has 1 aliphatic heterocycles. The highest BCUT2D eigenvalue weighted by Gasteiger charge is 2.15. The summed E-state index contributed by atoms with van der Waals surface area (Å²) in [6, 6.07) is 5.93. The second-order valence-electron chi connectivity index (χ2n) is 4.19. The van der Waals surface area contributed by atoms with E-state index in [4.69, 9.17) is 21.7 Å². The molecule has 0 saturated carbocycles. The van der Waals surface area contributed by atoms with Crippen LogP contribution < -0.4 is 9.75 Å². The Hall–Kier alpha value is -1.53. The third-order valence-corrected chi connectivity index (χ3v) is 3.41. The van der Waals surface area contributed by atoms with Crippen molar-refractivity contribution in [2.45, 2.75) is 0 Å². The summed E-state index contributed by atoms with van der Waals surface area (Å²) in [4.78, 5) is 3.21. The van der Waals surface area contributed by atoms with Gasteiger partial charge in [0.05, 0.1) is 44.4 Å². The van der Waals surface area contributed by atoms with Crippen molar-refractivity contribution in [1.29, 1.82) is 0 Å². The first-order chi connectivity index (χ1) is 8.79. The van der Waals surface area contributed by atoms with Crippen molar-refractivity contribution >= 4 is 23.3 Å². The summed E-state index contributed by atoms with van der Waals surface area (Å²) < 4.78 is 13.3. The second kappa shape index (κ2) is 4.62. The summed E-state index contributed by atoms with van der Waals surface area (Å²) in [7, 11) is 1.66. The van der Waals surface area contributed by atoms with Gasteiger partial charge in [-0.05, 0) is 24.4 Å². The Morgan fingerprint density at radius 1 is 1.33 bits per heavy atom. The highest BCUT2D eigenvalue weighted by molar-refractivity contribution is 7.71. The number of rotatable bonds is 2. The van der Waals surface area contributed by atoms with Crippen LogP contribution in [0.25, 0.3) is 11.0 Å². The summed E-state index contributed by atoms with van der Waals surface area (Å²) in [6.07, 6.45) is 0. The lowest BCUT2D eigenvalue weighted by Crippen LogP contribution is -2.43. The maximum atomic E-state index is 5.40. The smallest absolute Gasteiger partial charge is 0.197 e.